The Bertz CT molecular complexity index is 746. The molecule has 0 bridgehead atoms. The van der Waals surface area contributed by atoms with E-state index in [-0.39, 0.29) is 11.5 Å². The molecule has 0 aromatic carbocycles. The van der Waals surface area contributed by atoms with Gasteiger partial charge in [-0.2, -0.15) is 0 Å². The highest BCUT2D eigenvalue weighted by atomic mass is 16.1. The van der Waals surface area contributed by atoms with Crippen LogP contribution in [-0.4, -0.2) is 31.4 Å². The first-order valence-electron chi connectivity index (χ1n) is 8.94. The number of aromatic nitrogens is 4. The van der Waals surface area contributed by atoms with Crippen molar-refractivity contribution < 1.29 is 0 Å². The van der Waals surface area contributed by atoms with Gasteiger partial charge in [-0.05, 0) is 6.42 Å². The molecule has 2 N–H and O–H groups in total. The van der Waals surface area contributed by atoms with E-state index >= 15 is 0 Å². The van der Waals surface area contributed by atoms with Gasteiger partial charge in [0.2, 0.25) is 0 Å². The van der Waals surface area contributed by atoms with Crippen LogP contribution in [0.15, 0.2) is 11.0 Å². The summed E-state index contributed by atoms with van der Waals surface area (Å²) in [4.78, 5) is 30.1. The number of imidazole rings is 1. The van der Waals surface area contributed by atoms with Gasteiger partial charge in [0.05, 0.1) is 11.3 Å². The molecular formula is C18H27N5O. The maximum absolute atomic E-state index is 12.4. The molecule has 0 spiro atoms. The van der Waals surface area contributed by atoms with E-state index < -0.39 is 0 Å². The molecule has 0 fully saturated rings. The molecule has 130 valence electrons. The fourth-order valence-corrected chi connectivity index (χ4v) is 3.11. The van der Waals surface area contributed by atoms with E-state index in [1.165, 1.54) is 6.42 Å². The third-order valence-electron chi connectivity index (χ3n) is 4.56. The van der Waals surface area contributed by atoms with Gasteiger partial charge in [0.15, 0.2) is 0 Å². The monoisotopic (exact) mass is 329 g/mol. The Labute approximate surface area is 142 Å². The topological polar surface area (TPSA) is 77.7 Å². The van der Waals surface area contributed by atoms with Crippen molar-refractivity contribution in [3.05, 3.63) is 45.2 Å². The SMILES string of the molecule is CCCCc1ncc(CN2CCc3nc(C(C)C)[nH]c(=O)c3C2)[nH]1. The molecule has 0 amide bonds. The standard InChI is InChI=1S/C18H27N5O/c1-4-5-6-16-19-9-13(20-16)10-23-8-7-15-14(11-23)18(24)22-17(21-15)12(2)3/h9,12H,4-8,10-11H2,1-3H3,(H,19,20)(H,21,22,24). The Balaban J connectivity index is 1.69. The summed E-state index contributed by atoms with van der Waals surface area (Å²) in [5.41, 5.74) is 2.91. The Morgan fingerprint density at radius 2 is 2.17 bits per heavy atom. The van der Waals surface area contributed by atoms with Crippen LogP contribution in [-0.2, 0) is 25.9 Å². The maximum Gasteiger partial charge on any atom is 0.255 e. The van der Waals surface area contributed by atoms with Crippen molar-refractivity contribution in [1.82, 2.24) is 24.8 Å². The number of nitrogens with zero attached hydrogens (tertiary/aromatic N) is 3. The minimum absolute atomic E-state index is 0.0154. The zero-order valence-electron chi connectivity index (χ0n) is 14.9. The summed E-state index contributed by atoms with van der Waals surface area (Å²) in [6.07, 6.45) is 6.08. The number of unbranched alkanes of at least 4 members (excludes halogenated alkanes) is 1. The molecule has 6 nitrogen and oxygen atoms in total. The van der Waals surface area contributed by atoms with Crippen molar-refractivity contribution in [3.63, 3.8) is 0 Å². The number of H-pyrrole nitrogens is 2. The summed E-state index contributed by atoms with van der Waals surface area (Å²) in [6, 6.07) is 0. The average molecular weight is 329 g/mol. The minimum Gasteiger partial charge on any atom is -0.345 e. The van der Waals surface area contributed by atoms with Gasteiger partial charge in [0, 0.05) is 50.3 Å². The van der Waals surface area contributed by atoms with E-state index in [0.717, 1.165) is 61.0 Å². The predicted octanol–water partition coefficient (Wildman–Crippen LogP) is 2.52. The summed E-state index contributed by atoms with van der Waals surface area (Å²) in [5, 5.41) is 0. The summed E-state index contributed by atoms with van der Waals surface area (Å²) in [7, 11) is 0. The van der Waals surface area contributed by atoms with Gasteiger partial charge in [-0.15, -0.1) is 0 Å². The number of fused-ring (bicyclic) bond motifs is 1. The van der Waals surface area contributed by atoms with Crippen molar-refractivity contribution >= 4 is 0 Å². The van der Waals surface area contributed by atoms with E-state index in [1.807, 2.05) is 20.0 Å². The zero-order chi connectivity index (χ0) is 17.1. The van der Waals surface area contributed by atoms with Gasteiger partial charge < -0.3 is 9.97 Å². The van der Waals surface area contributed by atoms with Crippen LogP contribution in [0.3, 0.4) is 0 Å². The highest BCUT2D eigenvalue weighted by molar-refractivity contribution is 5.21. The number of nitrogens with one attached hydrogen (secondary N) is 2. The first kappa shape index (κ1) is 16.9. The van der Waals surface area contributed by atoms with Crippen LogP contribution in [0.4, 0.5) is 0 Å². The Hall–Kier alpha value is -1.95. The number of aryl methyl sites for hydroxylation is 1. The molecule has 0 unspecified atom stereocenters. The molecule has 0 atom stereocenters. The third kappa shape index (κ3) is 3.75. The number of hydrogen-bond donors (Lipinski definition) is 2. The summed E-state index contributed by atoms with van der Waals surface area (Å²) < 4.78 is 0. The zero-order valence-corrected chi connectivity index (χ0v) is 14.9. The predicted molar refractivity (Wildman–Crippen MR) is 94.0 cm³/mol. The van der Waals surface area contributed by atoms with Crippen LogP contribution >= 0.6 is 0 Å². The van der Waals surface area contributed by atoms with Crippen molar-refractivity contribution in [2.75, 3.05) is 6.54 Å². The molecule has 3 rings (SSSR count). The van der Waals surface area contributed by atoms with Crippen molar-refractivity contribution in [2.45, 2.75) is 65.5 Å². The molecule has 6 heteroatoms. The van der Waals surface area contributed by atoms with Crippen LogP contribution in [0.2, 0.25) is 0 Å². The van der Waals surface area contributed by atoms with Gasteiger partial charge in [0.25, 0.3) is 5.56 Å². The second-order valence-electron chi connectivity index (χ2n) is 6.95. The fourth-order valence-electron chi connectivity index (χ4n) is 3.11. The van der Waals surface area contributed by atoms with Crippen LogP contribution in [0, 0.1) is 0 Å². The fraction of sp³-hybridized carbons (Fsp3) is 0.611. The Morgan fingerprint density at radius 3 is 2.92 bits per heavy atom. The van der Waals surface area contributed by atoms with Gasteiger partial charge in [-0.25, -0.2) is 9.97 Å². The second-order valence-corrected chi connectivity index (χ2v) is 6.95. The second kappa shape index (κ2) is 7.30. The number of aromatic amines is 2. The molecule has 0 saturated heterocycles. The third-order valence-corrected chi connectivity index (χ3v) is 4.56. The van der Waals surface area contributed by atoms with E-state index in [0.29, 0.717) is 6.54 Å². The highest BCUT2D eigenvalue weighted by Gasteiger charge is 2.22. The lowest BCUT2D eigenvalue weighted by Gasteiger charge is -2.27. The number of rotatable bonds is 6. The van der Waals surface area contributed by atoms with Gasteiger partial charge in [-0.3, -0.25) is 9.69 Å². The van der Waals surface area contributed by atoms with Crippen LogP contribution in [0.25, 0.3) is 0 Å². The van der Waals surface area contributed by atoms with Crippen molar-refractivity contribution in [1.29, 1.82) is 0 Å². The van der Waals surface area contributed by atoms with Crippen molar-refractivity contribution in [2.24, 2.45) is 0 Å². The molecule has 2 aromatic heterocycles. The largest absolute Gasteiger partial charge is 0.345 e. The summed E-state index contributed by atoms with van der Waals surface area (Å²) in [5.74, 6) is 2.10. The lowest BCUT2D eigenvalue weighted by molar-refractivity contribution is 0.238. The highest BCUT2D eigenvalue weighted by Crippen LogP contribution is 2.18. The molecule has 0 radical (unpaired) electrons. The lowest BCUT2D eigenvalue weighted by Crippen LogP contribution is -2.36. The average Bonchev–Trinajstić information content (AvgIpc) is 3.00. The smallest absolute Gasteiger partial charge is 0.255 e. The molecule has 1 aliphatic heterocycles. The summed E-state index contributed by atoms with van der Waals surface area (Å²) >= 11 is 0. The minimum atomic E-state index is 0.0154. The Morgan fingerprint density at radius 1 is 1.33 bits per heavy atom. The molecule has 3 heterocycles. The molecule has 1 aliphatic rings. The molecule has 2 aromatic rings. The first-order chi connectivity index (χ1) is 11.6. The van der Waals surface area contributed by atoms with Gasteiger partial charge in [-0.1, -0.05) is 27.2 Å². The number of hydrogen-bond acceptors (Lipinski definition) is 4. The maximum atomic E-state index is 12.4. The van der Waals surface area contributed by atoms with E-state index in [4.69, 9.17) is 0 Å². The van der Waals surface area contributed by atoms with Gasteiger partial charge in [0.1, 0.15) is 11.6 Å². The van der Waals surface area contributed by atoms with Crippen LogP contribution < -0.4 is 5.56 Å². The van der Waals surface area contributed by atoms with E-state index in [9.17, 15) is 4.79 Å². The van der Waals surface area contributed by atoms with Crippen molar-refractivity contribution in [3.8, 4) is 0 Å². The summed E-state index contributed by atoms with van der Waals surface area (Å²) in [6.45, 7) is 8.65. The first-order valence-corrected chi connectivity index (χ1v) is 8.94. The molecule has 24 heavy (non-hydrogen) atoms. The normalized spacial score (nSPS) is 15.0. The molecule has 0 saturated carbocycles. The van der Waals surface area contributed by atoms with Crippen LogP contribution in [0.5, 0.6) is 0 Å². The van der Waals surface area contributed by atoms with Gasteiger partial charge >= 0.3 is 0 Å². The molecule has 0 aliphatic carbocycles. The van der Waals surface area contributed by atoms with E-state index in [1.54, 1.807) is 0 Å². The lowest BCUT2D eigenvalue weighted by atomic mass is 10.1. The van der Waals surface area contributed by atoms with E-state index in [2.05, 4.69) is 31.8 Å². The molecular weight excluding hydrogens is 302 g/mol. The Kier molecular flexibility index (Phi) is 5.14. The quantitative estimate of drug-likeness (QED) is 0.853. The van der Waals surface area contributed by atoms with Crippen LogP contribution in [0.1, 0.15) is 68.1 Å².